The number of likely N-dealkylation sites (tertiary alicyclic amines) is 1. The zero-order chi connectivity index (χ0) is 12.9. The van der Waals surface area contributed by atoms with Crippen LogP contribution < -0.4 is 4.72 Å². The van der Waals surface area contributed by atoms with Crippen molar-refractivity contribution in [3.8, 4) is 0 Å². The van der Waals surface area contributed by atoms with Gasteiger partial charge in [0, 0.05) is 30.9 Å². The van der Waals surface area contributed by atoms with Crippen molar-refractivity contribution in [1.29, 1.82) is 0 Å². The van der Waals surface area contributed by atoms with Gasteiger partial charge in [-0.2, -0.15) is 0 Å². The first-order valence-corrected chi connectivity index (χ1v) is 8.75. The highest BCUT2D eigenvalue weighted by Gasteiger charge is 2.26. The monoisotopic (exact) mass is 326 g/mol. The molecule has 0 radical (unpaired) electrons. The normalized spacial score (nSPS) is 21.5. The standard InChI is InChI=1S/C10H19BrN2O3S/c1-17(15,16)12-8-9-4-2-3-7-13(9)10(14)5-6-11/h9,12H,2-8H2,1H3. The van der Waals surface area contributed by atoms with Crippen LogP contribution in [0.1, 0.15) is 25.7 Å². The average Bonchev–Trinajstić information content (AvgIpc) is 2.26. The Morgan fingerprint density at radius 3 is 2.76 bits per heavy atom. The number of alkyl halides is 1. The molecule has 0 spiro atoms. The minimum absolute atomic E-state index is 0.00465. The summed E-state index contributed by atoms with van der Waals surface area (Å²) < 4.78 is 24.6. The zero-order valence-corrected chi connectivity index (χ0v) is 12.4. The number of nitrogens with one attached hydrogen (secondary N) is 1. The van der Waals surface area contributed by atoms with E-state index in [0.29, 0.717) is 18.3 Å². The van der Waals surface area contributed by atoms with Crippen LogP contribution in [-0.2, 0) is 14.8 Å². The summed E-state index contributed by atoms with van der Waals surface area (Å²) in [6, 6.07) is 0.00465. The number of rotatable bonds is 5. The van der Waals surface area contributed by atoms with Crippen molar-refractivity contribution >= 4 is 31.9 Å². The van der Waals surface area contributed by atoms with Crippen molar-refractivity contribution < 1.29 is 13.2 Å². The van der Waals surface area contributed by atoms with E-state index in [0.717, 1.165) is 32.1 Å². The van der Waals surface area contributed by atoms with E-state index in [2.05, 4.69) is 20.7 Å². The van der Waals surface area contributed by atoms with Gasteiger partial charge in [-0.15, -0.1) is 0 Å². The number of amides is 1. The number of halogens is 1. The summed E-state index contributed by atoms with van der Waals surface area (Å²) in [6.45, 7) is 1.06. The van der Waals surface area contributed by atoms with E-state index in [9.17, 15) is 13.2 Å². The molecule has 0 saturated carbocycles. The third-order valence-corrected chi connectivity index (χ3v) is 3.92. The Balaban J connectivity index is 2.56. The molecule has 1 aliphatic heterocycles. The molecule has 1 atom stereocenters. The average molecular weight is 327 g/mol. The number of piperidine rings is 1. The van der Waals surface area contributed by atoms with Crippen molar-refractivity contribution in [3.05, 3.63) is 0 Å². The predicted octanol–water partition coefficient (Wildman–Crippen LogP) is 0.702. The highest BCUT2D eigenvalue weighted by molar-refractivity contribution is 9.09. The summed E-state index contributed by atoms with van der Waals surface area (Å²) in [4.78, 5) is 13.7. The smallest absolute Gasteiger partial charge is 0.223 e. The lowest BCUT2D eigenvalue weighted by molar-refractivity contribution is -0.134. The molecule has 1 rings (SSSR count). The second-order valence-corrected chi connectivity index (χ2v) is 6.92. The molecule has 1 heterocycles. The van der Waals surface area contributed by atoms with Crippen LogP contribution in [0.3, 0.4) is 0 Å². The molecule has 5 nitrogen and oxygen atoms in total. The van der Waals surface area contributed by atoms with Gasteiger partial charge in [0.25, 0.3) is 0 Å². The molecule has 17 heavy (non-hydrogen) atoms. The lowest BCUT2D eigenvalue weighted by atomic mass is 10.0. The fourth-order valence-electron chi connectivity index (χ4n) is 2.01. The topological polar surface area (TPSA) is 66.5 Å². The summed E-state index contributed by atoms with van der Waals surface area (Å²) in [5.41, 5.74) is 0. The first kappa shape index (κ1) is 14.9. The fraction of sp³-hybridized carbons (Fsp3) is 0.900. The first-order valence-electron chi connectivity index (χ1n) is 5.74. The molecule has 100 valence electrons. The molecule has 0 aromatic heterocycles. The molecular formula is C10H19BrN2O3S. The Bertz CT molecular complexity index is 359. The van der Waals surface area contributed by atoms with E-state index < -0.39 is 10.0 Å². The van der Waals surface area contributed by atoms with Crippen molar-refractivity contribution in [2.75, 3.05) is 24.7 Å². The van der Waals surface area contributed by atoms with E-state index >= 15 is 0 Å². The Labute approximate surface area is 111 Å². The van der Waals surface area contributed by atoms with E-state index in [-0.39, 0.29) is 11.9 Å². The fourth-order valence-corrected chi connectivity index (χ4v) is 2.85. The Kier molecular flexibility index (Phi) is 5.88. The highest BCUT2D eigenvalue weighted by atomic mass is 79.9. The maximum Gasteiger partial charge on any atom is 0.223 e. The van der Waals surface area contributed by atoms with Crippen LogP contribution in [0.2, 0.25) is 0 Å². The van der Waals surface area contributed by atoms with Gasteiger partial charge in [-0.25, -0.2) is 13.1 Å². The quantitative estimate of drug-likeness (QED) is 0.756. The minimum atomic E-state index is -3.18. The van der Waals surface area contributed by atoms with Crippen LogP contribution in [0.15, 0.2) is 0 Å². The molecule has 1 N–H and O–H groups in total. The van der Waals surface area contributed by atoms with E-state index in [1.807, 2.05) is 4.90 Å². The molecule has 0 aliphatic carbocycles. The van der Waals surface area contributed by atoms with Crippen molar-refractivity contribution in [3.63, 3.8) is 0 Å². The van der Waals surface area contributed by atoms with Gasteiger partial charge in [-0.1, -0.05) is 15.9 Å². The minimum Gasteiger partial charge on any atom is -0.338 e. The molecule has 0 aromatic carbocycles. The molecule has 1 aliphatic rings. The van der Waals surface area contributed by atoms with E-state index in [1.54, 1.807) is 0 Å². The summed E-state index contributed by atoms with van der Waals surface area (Å²) in [5.74, 6) is 0.0990. The lowest BCUT2D eigenvalue weighted by Gasteiger charge is -2.35. The molecule has 1 amide bonds. The van der Waals surface area contributed by atoms with Gasteiger partial charge < -0.3 is 4.90 Å². The van der Waals surface area contributed by atoms with Gasteiger partial charge >= 0.3 is 0 Å². The van der Waals surface area contributed by atoms with Crippen molar-refractivity contribution in [2.24, 2.45) is 0 Å². The molecular weight excluding hydrogens is 308 g/mol. The maximum absolute atomic E-state index is 11.9. The summed E-state index contributed by atoms with van der Waals surface area (Å²) in [7, 11) is -3.18. The van der Waals surface area contributed by atoms with Gasteiger partial charge in [0.2, 0.25) is 15.9 Å². The number of hydrogen-bond acceptors (Lipinski definition) is 3. The Morgan fingerprint density at radius 2 is 2.18 bits per heavy atom. The highest BCUT2D eigenvalue weighted by Crippen LogP contribution is 2.17. The summed E-state index contributed by atoms with van der Waals surface area (Å²) in [5, 5.41) is 0.647. The second-order valence-electron chi connectivity index (χ2n) is 4.30. The first-order chi connectivity index (χ1) is 7.94. The number of nitrogens with zero attached hydrogens (tertiary/aromatic N) is 1. The number of sulfonamides is 1. The van der Waals surface area contributed by atoms with Crippen LogP contribution in [-0.4, -0.2) is 49.9 Å². The second kappa shape index (κ2) is 6.70. The molecule has 1 unspecified atom stereocenters. The number of carbonyl (C=O) groups is 1. The van der Waals surface area contributed by atoms with Crippen LogP contribution in [0, 0.1) is 0 Å². The Hall–Kier alpha value is -0.140. The van der Waals surface area contributed by atoms with E-state index in [1.165, 1.54) is 0 Å². The lowest BCUT2D eigenvalue weighted by Crippen LogP contribution is -2.49. The molecule has 1 saturated heterocycles. The van der Waals surface area contributed by atoms with Gasteiger partial charge in [0.05, 0.1) is 6.26 Å². The Morgan fingerprint density at radius 1 is 1.47 bits per heavy atom. The third kappa shape index (κ3) is 5.35. The van der Waals surface area contributed by atoms with Gasteiger partial charge in [-0.3, -0.25) is 4.79 Å². The van der Waals surface area contributed by atoms with Crippen LogP contribution >= 0.6 is 15.9 Å². The maximum atomic E-state index is 11.9. The number of carbonyl (C=O) groups excluding carboxylic acids is 1. The van der Waals surface area contributed by atoms with Gasteiger partial charge in [-0.05, 0) is 19.3 Å². The van der Waals surface area contributed by atoms with Crippen LogP contribution in [0.5, 0.6) is 0 Å². The summed E-state index contributed by atoms with van der Waals surface area (Å²) in [6.07, 6.45) is 4.53. The molecule has 7 heteroatoms. The molecule has 1 fully saturated rings. The predicted molar refractivity (Wildman–Crippen MR) is 70.6 cm³/mol. The van der Waals surface area contributed by atoms with Gasteiger partial charge in [0.15, 0.2) is 0 Å². The van der Waals surface area contributed by atoms with Crippen LogP contribution in [0.4, 0.5) is 0 Å². The van der Waals surface area contributed by atoms with Gasteiger partial charge in [0.1, 0.15) is 0 Å². The zero-order valence-electron chi connectivity index (χ0n) is 9.99. The SMILES string of the molecule is CS(=O)(=O)NCC1CCCCN1C(=O)CCBr. The van der Waals surface area contributed by atoms with E-state index in [4.69, 9.17) is 0 Å². The third-order valence-electron chi connectivity index (χ3n) is 2.84. The van der Waals surface area contributed by atoms with Crippen molar-refractivity contribution in [2.45, 2.75) is 31.7 Å². The number of hydrogen-bond donors (Lipinski definition) is 1. The van der Waals surface area contributed by atoms with Crippen molar-refractivity contribution in [1.82, 2.24) is 9.62 Å². The summed E-state index contributed by atoms with van der Waals surface area (Å²) >= 11 is 3.25. The molecule has 0 aromatic rings. The largest absolute Gasteiger partial charge is 0.338 e. The molecule has 0 bridgehead atoms. The van der Waals surface area contributed by atoms with Crippen LogP contribution in [0.25, 0.3) is 0 Å².